The van der Waals surface area contributed by atoms with Crippen molar-refractivity contribution in [3.8, 4) is 5.75 Å². The van der Waals surface area contributed by atoms with Gasteiger partial charge in [-0.05, 0) is 50.1 Å². The van der Waals surface area contributed by atoms with Gasteiger partial charge in [0.2, 0.25) is 0 Å². The van der Waals surface area contributed by atoms with E-state index in [0.29, 0.717) is 5.76 Å². The summed E-state index contributed by atoms with van der Waals surface area (Å²) in [6.45, 7) is 4.16. The Morgan fingerprint density at radius 3 is 2.15 bits per heavy atom. The quantitative estimate of drug-likeness (QED) is 0.727. The number of para-hydroxylation sites is 1. The van der Waals surface area contributed by atoms with Crippen molar-refractivity contribution >= 4 is 5.97 Å². The lowest BCUT2D eigenvalue weighted by atomic mass is 10.0. The fourth-order valence-corrected chi connectivity index (χ4v) is 1.56. The van der Waals surface area contributed by atoms with Crippen LogP contribution in [-0.4, -0.2) is 21.3 Å². The molecule has 4 heteroatoms. The van der Waals surface area contributed by atoms with E-state index in [0.717, 1.165) is 6.42 Å². The van der Waals surface area contributed by atoms with Crippen LogP contribution in [-0.2, 0) is 0 Å². The molecule has 0 aromatic heterocycles. The number of aromatic hydroxyl groups is 1. The number of aliphatic hydroxyl groups excluding tert-OH is 1. The lowest BCUT2D eigenvalue weighted by Crippen LogP contribution is -1.95. The van der Waals surface area contributed by atoms with Crippen LogP contribution in [0.4, 0.5) is 0 Å². The number of allylic oxidation sites excluding steroid dienone is 5. The average Bonchev–Trinajstić information content (AvgIpc) is 2.40. The zero-order valence-corrected chi connectivity index (χ0v) is 11.5. The van der Waals surface area contributed by atoms with Gasteiger partial charge in [-0.3, -0.25) is 0 Å². The Balaban J connectivity index is 0.000000200. The van der Waals surface area contributed by atoms with Gasteiger partial charge in [0.25, 0.3) is 0 Å². The predicted octanol–water partition coefficient (Wildman–Crippen LogP) is 3.82. The SMILES string of the molecule is CC(C)=C1C=CC(O)=CC1.O=C(O)c1ccccc1O. The van der Waals surface area contributed by atoms with Gasteiger partial charge >= 0.3 is 5.97 Å². The number of aliphatic hydroxyl groups is 1. The smallest absolute Gasteiger partial charge is 0.339 e. The maximum Gasteiger partial charge on any atom is 0.339 e. The Hall–Kier alpha value is -2.49. The predicted molar refractivity (Wildman–Crippen MR) is 77.9 cm³/mol. The average molecular weight is 274 g/mol. The molecule has 106 valence electrons. The van der Waals surface area contributed by atoms with Crippen molar-refractivity contribution in [1.29, 1.82) is 0 Å². The largest absolute Gasteiger partial charge is 0.508 e. The number of benzene rings is 1. The summed E-state index contributed by atoms with van der Waals surface area (Å²) in [6, 6.07) is 5.81. The van der Waals surface area contributed by atoms with Crippen LogP contribution >= 0.6 is 0 Å². The second kappa shape index (κ2) is 7.19. The number of hydrogen-bond donors (Lipinski definition) is 3. The summed E-state index contributed by atoms with van der Waals surface area (Å²) in [4.78, 5) is 10.3. The maximum atomic E-state index is 10.3. The molecular weight excluding hydrogens is 256 g/mol. The van der Waals surface area contributed by atoms with E-state index in [4.69, 9.17) is 15.3 Å². The molecule has 0 unspecified atom stereocenters. The van der Waals surface area contributed by atoms with Gasteiger partial charge in [-0.1, -0.05) is 23.8 Å². The molecule has 0 saturated carbocycles. The van der Waals surface area contributed by atoms with Crippen molar-refractivity contribution in [3.63, 3.8) is 0 Å². The Labute approximate surface area is 118 Å². The molecule has 0 saturated heterocycles. The first-order chi connectivity index (χ1) is 9.41. The van der Waals surface area contributed by atoms with Gasteiger partial charge in [0.05, 0.1) is 0 Å². The van der Waals surface area contributed by atoms with Crippen LogP contribution in [0.15, 0.2) is 59.4 Å². The molecule has 3 N–H and O–H groups in total. The van der Waals surface area contributed by atoms with Crippen LogP contribution in [0.2, 0.25) is 0 Å². The van der Waals surface area contributed by atoms with Crippen molar-refractivity contribution in [2.45, 2.75) is 20.3 Å². The van der Waals surface area contributed by atoms with E-state index in [9.17, 15) is 4.79 Å². The second-order valence-corrected chi connectivity index (χ2v) is 4.51. The van der Waals surface area contributed by atoms with Gasteiger partial charge in [0.15, 0.2) is 0 Å². The molecule has 1 aliphatic carbocycles. The third kappa shape index (κ3) is 4.65. The number of hydrogen-bond acceptors (Lipinski definition) is 3. The lowest BCUT2D eigenvalue weighted by molar-refractivity contribution is 0.0693. The maximum absolute atomic E-state index is 10.3. The summed E-state index contributed by atoms with van der Waals surface area (Å²) in [7, 11) is 0. The first-order valence-corrected chi connectivity index (χ1v) is 6.16. The third-order valence-corrected chi connectivity index (χ3v) is 2.76. The van der Waals surface area contributed by atoms with Crippen LogP contribution in [0.5, 0.6) is 5.75 Å². The molecule has 0 aliphatic heterocycles. The van der Waals surface area contributed by atoms with Gasteiger partial charge in [0, 0.05) is 0 Å². The van der Waals surface area contributed by atoms with Gasteiger partial charge in [-0.15, -0.1) is 0 Å². The molecule has 0 amide bonds. The number of carboxylic acid groups (broad SMARTS) is 1. The minimum absolute atomic E-state index is 0.0671. The van der Waals surface area contributed by atoms with Crippen molar-refractivity contribution in [3.05, 3.63) is 65.0 Å². The van der Waals surface area contributed by atoms with E-state index >= 15 is 0 Å². The van der Waals surface area contributed by atoms with Gasteiger partial charge < -0.3 is 15.3 Å². The Bertz CT molecular complexity index is 576. The van der Waals surface area contributed by atoms with Crippen molar-refractivity contribution in [2.75, 3.05) is 0 Å². The Morgan fingerprint density at radius 1 is 1.10 bits per heavy atom. The molecule has 1 aliphatic rings. The highest BCUT2D eigenvalue weighted by atomic mass is 16.4. The topological polar surface area (TPSA) is 77.8 Å². The molecule has 2 rings (SSSR count). The zero-order chi connectivity index (χ0) is 15.1. The summed E-state index contributed by atoms with van der Waals surface area (Å²) >= 11 is 0. The van der Waals surface area contributed by atoms with Gasteiger partial charge in [-0.2, -0.15) is 0 Å². The highest BCUT2D eigenvalue weighted by molar-refractivity contribution is 5.90. The van der Waals surface area contributed by atoms with E-state index in [1.54, 1.807) is 18.2 Å². The summed E-state index contributed by atoms with van der Waals surface area (Å²) in [6.07, 6.45) is 6.38. The van der Waals surface area contributed by atoms with E-state index in [1.165, 1.54) is 23.3 Å². The van der Waals surface area contributed by atoms with E-state index in [1.807, 2.05) is 12.2 Å². The first-order valence-electron chi connectivity index (χ1n) is 6.16. The summed E-state index contributed by atoms with van der Waals surface area (Å²) in [5, 5.41) is 26.3. The molecule has 0 atom stereocenters. The number of rotatable bonds is 1. The summed E-state index contributed by atoms with van der Waals surface area (Å²) < 4.78 is 0. The van der Waals surface area contributed by atoms with Gasteiger partial charge in [-0.25, -0.2) is 4.79 Å². The highest BCUT2D eigenvalue weighted by Gasteiger charge is 2.05. The third-order valence-electron chi connectivity index (χ3n) is 2.76. The van der Waals surface area contributed by atoms with Crippen molar-refractivity contribution in [2.24, 2.45) is 0 Å². The number of aromatic carboxylic acids is 1. The second-order valence-electron chi connectivity index (χ2n) is 4.51. The fraction of sp³-hybridized carbons (Fsp3) is 0.188. The zero-order valence-electron chi connectivity index (χ0n) is 11.5. The molecule has 0 bridgehead atoms. The molecular formula is C16H18O4. The Kier molecular flexibility index (Phi) is 5.59. The fourth-order valence-electron chi connectivity index (χ4n) is 1.56. The molecule has 0 heterocycles. The van der Waals surface area contributed by atoms with Crippen LogP contribution in [0.1, 0.15) is 30.6 Å². The Morgan fingerprint density at radius 2 is 1.75 bits per heavy atom. The number of carboxylic acids is 1. The van der Waals surface area contributed by atoms with E-state index < -0.39 is 5.97 Å². The van der Waals surface area contributed by atoms with E-state index in [2.05, 4.69) is 13.8 Å². The van der Waals surface area contributed by atoms with Crippen molar-refractivity contribution in [1.82, 2.24) is 0 Å². The summed E-state index contributed by atoms with van der Waals surface area (Å²) in [5.74, 6) is -0.932. The minimum atomic E-state index is -1.11. The van der Waals surface area contributed by atoms with Crippen LogP contribution in [0.25, 0.3) is 0 Å². The first kappa shape index (κ1) is 15.6. The number of phenols is 1. The molecule has 0 fully saturated rings. The van der Waals surface area contributed by atoms with E-state index in [-0.39, 0.29) is 11.3 Å². The van der Waals surface area contributed by atoms with Gasteiger partial charge in [0.1, 0.15) is 17.1 Å². The molecule has 20 heavy (non-hydrogen) atoms. The van der Waals surface area contributed by atoms with Crippen LogP contribution in [0.3, 0.4) is 0 Å². The molecule has 1 aromatic rings. The minimum Gasteiger partial charge on any atom is -0.508 e. The van der Waals surface area contributed by atoms with Crippen LogP contribution < -0.4 is 0 Å². The highest BCUT2D eigenvalue weighted by Crippen LogP contribution is 2.17. The normalized spacial score (nSPS) is 13.1. The molecule has 0 spiro atoms. The standard InChI is InChI=1S/C9H12O.C7H6O3/c1-7(2)8-3-5-9(10)6-4-8;8-6-4-2-1-3-5(6)7(9)10/h3,5-6,10H,4H2,1-2H3;1-4,8H,(H,9,10). The van der Waals surface area contributed by atoms with Crippen LogP contribution in [0, 0.1) is 0 Å². The summed E-state index contributed by atoms with van der Waals surface area (Å²) in [5.41, 5.74) is 2.56. The molecule has 0 radical (unpaired) electrons. The molecule has 4 nitrogen and oxygen atoms in total. The monoisotopic (exact) mass is 274 g/mol. The lowest BCUT2D eigenvalue weighted by Gasteiger charge is -2.05. The molecule has 1 aromatic carbocycles. The van der Waals surface area contributed by atoms with Crippen molar-refractivity contribution < 1.29 is 20.1 Å². The number of carbonyl (C=O) groups is 1.